The largest absolute Gasteiger partial charge is 0.482 e. The van der Waals surface area contributed by atoms with Crippen molar-refractivity contribution in [1.29, 1.82) is 0 Å². The van der Waals surface area contributed by atoms with Crippen LogP contribution in [0.3, 0.4) is 0 Å². The molecule has 0 bridgehead atoms. The second-order valence-corrected chi connectivity index (χ2v) is 8.28. The van der Waals surface area contributed by atoms with Gasteiger partial charge >= 0.3 is 0 Å². The number of hydrogen-bond acceptors (Lipinski definition) is 3. The van der Waals surface area contributed by atoms with Crippen molar-refractivity contribution in [3.8, 4) is 5.75 Å². The molecule has 0 aliphatic rings. The summed E-state index contributed by atoms with van der Waals surface area (Å²) in [4.78, 5) is 24.2. The van der Waals surface area contributed by atoms with Gasteiger partial charge in [-0.1, -0.05) is 65.6 Å². The van der Waals surface area contributed by atoms with E-state index in [1.54, 1.807) is 25.1 Å². The zero-order chi connectivity index (χ0) is 20.7. The van der Waals surface area contributed by atoms with Gasteiger partial charge in [0.1, 0.15) is 5.75 Å². The van der Waals surface area contributed by atoms with Crippen molar-refractivity contribution in [3.63, 3.8) is 0 Å². The predicted molar refractivity (Wildman–Crippen MR) is 114 cm³/mol. The van der Waals surface area contributed by atoms with Gasteiger partial charge in [-0.2, -0.15) is 0 Å². The Morgan fingerprint density at radius 1 is 1.07 bits per heavy atom. The van der Waals surface area contributed by atoms with Crippen molar-refractivity contribution in [2.24, 2.45) is 5.92 Å². The molecular weight excluding hydrogens is 444 g/mol. The standard InChI is InChI=1S/C21H24BrClN2O3/c1-13(2)10-15-4-6-16(7-5-15)14(3)21(27)25-24-20(26)12-28-19-9-8-17(22)11-18(19)23/h4-9,11,13-14H,10,12H2,1-3H3,(H,24,26)(H,25,27). The van der Waals surface area contributed by atoms with Crippen molar-refractivity contribution < 1.29 is 14.3 Å². The summed E-state index contributed by atoms with van der Waals surface area (Å²) in [6, 6.07) is 13.1. The molecule has 1 atom stereocenters. The zero-order valence-corrected chi connectivity index (χ0v) is 18.4. The van der Waals surface area contributed by atoms with Gasteiger partial charge in [-0.15, -0.1) is 0 Å². The molecule has 7 heteroatoms. The highest BCUT2D eigenvalue weighted by molar-refractivity contribution is 9.10. The topological polar surface area (TPSA) is 67.4 Å². The third-order valence-electron chi connectivity index (χ3n) is 4.09. The molecule has 1 unspecified atom stereocenters. The fraction of sp³-hybridized carbons (Fsp3) is 0.333. The molecular formula is C21H24BrClN2O3. The molecule has 0 aliphatic carbocycles. The lowest BCUT2D eigenvalue weighted by molar-refractivity contribution is -0.130. The Labute approximate surface area is 178 Å². The van der Waals surface area contributed by atoms with Gasteiger partial charge in [0.25, 0.3) is 5.91 Å². The Balaban J connectivity index is 1.81. The molecule has 2 rings (SSSR count). The fourth-order valence-electron chi connectivity index (χ4n) is 2.58. The van der Waals surface area contributed by atoms with Crippen LogP contribution in [0.4, 0.5) is 0 Å². The summed E-state index contributed by atoms with van der Waals surface area (Å²) in [5, 5.41) is 0.390. The molecule has 0 saturated heterocycles. The van der Waals surface area contributed by atoms with Gasteiger partial charge in [0, 0.05) is 4.47 Å². The normalized spacial score (nSPS) is 11.8. The quantitative estimate of drug-likeness (QED) is 0.583. The second kappa shape index (κ2) is 10.5. The van der Waals surface area contributed by atoms with E-state index >= 15 is 0 Å². The Morgan fingerprint density at radius 2 is 1.75 bits per heavy atom. The van der Waals surface area contributed by atoms with E-state index in [9.17, 15) is 9.59 Å². The maximum atomic E-state index is 12.3. The number of carbonyl (C=O) groups is 2. The Morgan fingerprint density at radius 3 is 2.36 bits per heavy atom. The first kappa shape index (κ1) is 22.2. The zero-order valence-electron chi connectivity index (χ0n) is 16.1. The van der Waals surface area contributed by atoms with Crippen LogP contribution >= 0.6 is 27.5 Å². The van der Waals surface area contributed by atoms with Gasteiger partial charge < -0.3 is 4.74 Å². The highest BCUT2D eigenvalue weighted by atomic mass is 79.9. The first-order valence-corrected chi connectivity index (χ1v) is 10.2. The van der Waals surface area contributed by atoms with Crippen molar-refractivity contribution in [2.75, 3.05) is 6.61 Å². The van der Waals surface area contributed by atoms with Crippen molar-refractivity contribution in [3.05, 3.63) is 63.1 Å². The van der Waals surface area contributed by atoms with Gasteiger partial charge in [0.15, 0.2) is 6.61 Å². The Kier molecular flexibility index (Phi) is 8.33. The first-order chi connectivity index (χ1) is 13.3. The number of ether oxygens (including phenoxy) is 1. The number of hydrogen-bond donors (Lipinski definition) is 2. The second-order valence-electron chi connectivity index (χ2n) is 6.96. The molecule has 28 heavy (non-hydrogen) atoms. The van der Waals surface area contributed by atoms with Crippen molar-refractivity contribution in [1.82, 2.24) is 10.9 Å². The fourth-order valence-corrected chi connectivity index (χ4v) is 3.30. The van der Waals surface area contributed by atoms with Gasteiger partial charge in [-0.3, -0.25) is 20.4 Å². The van der Waals surface area contributed by atoms with Crippen LogP contribution in [0.25, 0.3) is 0 Å². The summed E-state index contributed by atoms with van der Waals surface area (Å²) in [5.74, 6) is -0.203. The average molecular weight is 468 g/mol. The van der Waals surface area contributed by atoms with Crippen LogP contribution in [0.15, 0.2) is 46.9 Å². The summed E-state index contributed by atoms with van der Waals surface area (Å²) >= 11 is 9.33. The molecule has 2 N–H and O–H groups in total. The number of rotatable bonds is 7. The number of amides is 2. The lowest BCUT2D eigenvalue weighted by atomic mass is 9.96. The van der Waals surface area contributed by atoms with E-state index in [2.05, 4.69) is 40.6 Å². The van der Waals surface area contributed by atoms with Crippen LogP contribution in [0.1, 0.15) is 37.8 Å². The maximum absolute atomic E-state index is 12.3. The minimum Gasteiger partial charge on any atom is -0.482 e. The number of nitrogens with one attached hydrogen (secondary N) is 2. The average Bonchev–Trinajstić information content (AvgIpc) is 2.65. The molecule has 0 radical (unpaired) electrons. The van der Waals surface area contributed by atoms with Crippen molar-refractivity contribution in [2.45, 2.75) is 33.1 Å². The molecule has 0 fully saturated rings. The van der Waals surface area contributed by atoms with E-state index in [1.165, 1.54) is 5.56 Å². The SMILES string of the molecule is CC(C)Cc1ccc(C(C)C(=O)NNC(=O)COc2ccc(Br)cc2Cl)cc1. The lowest BCUT2D eigenvalue weighted by Gasteiger charge is -2.14. The molecule has 5 nitrogen and oxygen atoms in total. The monoisotopic (exact) mass is 466 g/mol. The van der Waals surface area contributed by atoms with E-state index in [4.69, 9.17) is 16.3 Å². The lowest BCUT2D eigenvalue weighted by Crippen LogP contribution is -2.45. The number of carbonyl (C=O) groups excluding carboxylic acids is 2. The smallest absolute Gasteiger partial charge is 0.276 e. The number of benzene rings is 2. The minimum absolute atomic E-state index is 0.264. The van der Waals surface area contributed by atoms with Gasteiger partial charge in [-0.25, -0.2) is 0 Å². The van der Waals surface area contributed by atoms with E-state index in [-0.39, 0.29) is 12.5 Å². The van der Waals surface area contributed by atoms with Crippen LogP contribution < -0.4 is 15.6 Å². The predicted octanol–water partition coefficient (Wildman–Crippen LogP) is 4.63. The molecule has 0 spiro atoms. The van der Waals surface area contributed by atoms with Gasteiger partial charge in [0.2, 0.25) is 5.91 Å². The summed E-state index contributed by atoms with van der Waals surface area (Å²) in [5.41, 5.74) is 6.91. The molecule has 0 saturated carbocycles. The van der Waals surface area contributed by atoms with E-state index in [0.717, 1.165) is 16.5 Å². The summed E-state index contributed by atoms with van der Waals surface area (Å²) in [6.45, 7) is 5.86. The van der Waals surface area contributed by atoms with Gasteiger partial charge in [-0.05, 0) is 48.6 Å². The molecule has 2 amide bonds. The van der Waals surface area contributed by atoms with Crippen molar-refractivity contribution >= 4 is 39.3 Å². The molecule has 150 valence electrons. The molecule has 2 aromatic carbocycles. The molecule has 2 aromatic rings. The Hall–Kier alpha value is -2.05. The van der Waals surface area contributed by atoms with Crippen LogP contribution in [0, 0.1) is 5.92 Å². The van der Waals surface area contributed by atoms with Crippen LogP contribution in [0.5, 0.6) is 5.75 Å². The summed E-state index contributed by atoms with van der Waals surface area (Å²) in [6.07, 6.45) is 0.999. The summed E-state index contributed by atoms with van der Waals surface area (Å²) in [7, 11) is 0. The molecule has 0 aromatic heterocycles. The van der Waals surface area contributed by atoms with E-state index in [0.29, 0.717) is 16.7 Å². The number of hydrazine groups is 1. The Bertz CT molecular complexity index is 825. The highest BCUT2D eigenvalue weighted by Gasteiger charge is 2.16. The maximum Gasteiger partial charge on any atom is 0.276 e. The van der Waals surface area contributed by atoms with Crippen LogP contribution in [0.2, 0.25) is 5.02 Å². The first-order valence-electron chi connectivity index (χ1n) is 9.01. The third kappa shape index (κ3) is 6.84. The van der Waals surface area contributed by atoms with Gasteiger partial charge in [0.05, 0.1) is 10.9 Å². The highest BCUT2D eigenvalue weighted by Crippen LogP contribution is 2.27. The minimum atomic E-state index is -0.480. The molecule has 0 heterocycles. The van der Waals surface area contributed by atoms with Crippen LogP contribution in [-0.2, 0) is 16.0 Å². The number of halogens is 2. The molecule has 0 aliphatic heterocycles. The van der Waals surface area contributed by atoms with Crippen LogP contribution in [-0.4, -0.2) is 18.4 Å². The third-order valence-corrected chi connectivity index (χ3v) is 4.88. The van der Waals surface area contributed by atoms with E-state index in [1.807, 2.05) is 24.3 Å². The van der Waals surface area contributed by atoms with E-state index < -0.39 is 11.8 Å². The summed E-state index contributed by atoms with van der Waals surface area (Å²) < 4.78 is 6.17.